The molecular formula is C37H68O2. The molecule has 0 radical (unpaired) electrons. The molecule has 0 unspecified atom stereocenters. The lowest BCUT2D eigenvalue weighted by Gasteiger charge is -2.04. The lowest BCUT2D eigenvalue weighted by molar-refractivity contribution is -0.127. The van der Waals surface area contributed by atoms with Crippen molar-refractivity contribution in [3.63, 3.8) is 0 Å². The minimum absolute atomic E-state index is 0.159. The van der Waals surface area contributed by atoms with Crippen molar-refractivity contribution in [2.45, 2.75) is 200 Å². The van der Waals surface area contributed by atoms with Crippen LogP contribution in [-0.2, 0) is 9.59 Å². The summed E-state index contributed by atoms with van der Waals surface area (Å²) in [6, 6.07) is 0. The maximum absolute atomic E-state index is 12.1. The van der Waals surface area contributed by atoms with Crippen LogP contribution in [0.25, 0.3) is 0 Å². The fourth-order valence-electron chi connectivity index (χ4n) is 5.22. The van der Waals surface area contributed by atoms with E-state index in [1.54, 1.807) is 0 Å². The highest BCUT2D eigenvalue weighted by molar-refractivity contribution is 5.98. The summed E-state index contributed by atoms with van der Waals surface area (Å²) in [5.74, 6) is 0.323. The Bertz CT molecular complexity index is 574. The standard InChI is InChI=1S/C37H68O2/c1-3-5-7-9-11-13-15-17-19-21-23-25-27-29-31-33-36(38)35-37(39)34-32-30-28-26-24-22-20-18-16-14-12-10-8-6-4-2/h11,13,17,19H,3-10,12,14-16,18,20-35H2,1-2H3. The molecule has 0 N–H and O–H groups in total. The Kier molecular flexibility index (Phi) is 32.0. The van der Waals surface area contributed by atoms with E-state index in [0.29, 0.717) is 12.8 Å². The molecule has 0 saturated carbocycles. The topological polar surface area (TPSA) is 34.1 Å². The van der Waals surface area contributed by atoms with E-state index in [-0.39, 0.29) is 18.0 Å². The summed E-state index contributed by atoms with van der Waals surface area (Å²) in [7, 11) is 0. The fourth-order valence-corrected chi connectivity index (χ4v) is 5.22. The normalized spacial score (nSPS) is 11.7. The largest absolute Gasteiger partial charge is 0.299 e. The second kappa shape index (κ2) is 33.0. The SMILES string of the molecule is CCCCCC=CCC=CCCCCCCCC(=O)CC(=O)CCCCCCCCCCCCCCCCC. The molecule has 2 heteroatoms. The van der Waals surface area contributed by atoms with E-state index < -0.39 is 0 Å². The number of unbranched alkanes of at least 4 members (excludes halogenated alkanes) is 22. The molecule has 0 bridgehead atoms. The summed E-state index contributed by atoms with van der Waals surface area (Å²) >= 11 is 0. The Hall–Kier alpha value is -1.18. The van der Waals surface area contributed by atoms with E-state index in [2.05, 4.69) is 38.2 Å². The van der Waals surface area contributed by atoms with Crippen molar-refractivity contribution in [2.75, 3.05) is 0 Å². The number of hydrogen-bond acceptors (Lipinski definition) is 2. The minimum Gasteiger partial charge on any atom is -0.299 e. The number of Topliss-reactive ketones (excluding diaryl/α,β-unsaturated/α-hetero) is 2. The van der Waals surface area contributed by atoms with Crippen LogP contribution in [-0.4, -0.2) is 11.6 Å². The van der Waals surface area contributed by atoms with Gasteiger partial charge in [0.05, 0.1) is 6.42 Å². The zero-order valence-electron chi connectivity index (χ0n) is 26.6. The number of allylic oxidation sites excluding steroid dienone is 4. The first kappa shape index (κ1) is 37.8. The molecule has 0 amide bonds. The molecule has 0 aromatic carbocycles. The second-order valence-corrected chi connectivity index (χ2v) is 11.9. The van der Waals surface area contributed by atoms with Crippen molar-refractivity contribution in [1.29, 1.82) is 0 Å². The summed E-state index contributed by atoms with van der Waals surface area (Å²) in [5.41, 5.74) is 0. The van der Waals surface area contributed by atoms with E-state index in [9.17, 15) is 9.59 Å². The van der Waals surface area contributed by atoms with Gasteiger partial charge in [0, 0.05) is 12.8 Å². The highest BCUT2D eigenvalue weighted by Gasteiger charge is 2.09. The molecule has 0 aromatic rings. The van der Waals surface area contributed by atoms with Gasteiger partial charge in [-0.15, -0.1) is 0 Å². The van der Waals surface area contributed by atoms with Crippen LogP contribution >= 0.6 is 0 Å². The number of carbonyl (C=O) groups is 2. The molecule has 228 valence electrons. The van der Waals surface area contributed by atoms with Crippen molar-refractivity contribution in [1.82, 2.24) is 0 Å². The van der Waals surface area contributed by atoms with E-state index in [0.717, 1.165) is 38.5 Å². The molecule has 0 spiro atoms. The van der Waals surface area contributed by atoms with Crippen LogP contribution in [0.4, 0.5) is 0 Å². The molecule has 0 aliphatic rings. The van der Waals surface area contributed by atoms with Crippen molar-refractivity contribution in [2.24, 2.45) is 0 Å². The maximum Gasteiger partial charge on any atom is 0.140 e. The summed E-state index contributed by atoms with van der Waals surface area (Å²) in [6.07, 6.45) is 43.8. The molecule has 0 aromatic heterocycles. The van der Waals surface area contributed by atoms with Gasteiger partial charge >= 0.3 is 0 Å². The average Bonchev–Trinajstić information content (AvgIpc) is 2.93. The van der Waals surface area contributed by atoms with Crippen LogP contribution in [0, 0.1) is 0 Å². The molecule has 0 heterocycles. The summed E-state index contributed by atoms with van der Waals surface area (Å²) < 4.78 is 0. The first-order chi connectivity index (χ1) is 19.2. The fraction of sp³-hybridized carbons (Fsp3) is 0.838. The molecule has 0 fully saturated rings. The van der Waals surface area contributed by atoms with E-state index in [1.165, 1.54) is 128 Å². The molecule has 0 rings (SSSR count). The van der Waals surface area contributed by atoms with Gasteiger partial charge in [-0.05, 0) is 44.9 Å². The van der Waals surface area contributed by atoms with E-state index in [4.69, 9.17) is 0 Å². The Morgan fingerprint density at radius 1 is 0.385 bits per heavy atom. The number of hydrogen-bond donors (Lipinski definition) is 0. The number of carbonyl (C=O) groups excluding carboxylic acids is 2. The predicted octanol–water partition coefficient (Wildman–Crippen LogP) is 12.6. The first-order valence-electron chi connectivity index (χ1n) is 17.5. The predicted molar refractivity (Wildman–Crippen MR) is 174 cm³/mol. The van der Waals surface area contributed by atoms with Gasteiger partial charge in [-0.2, -0.15) is 0 Å². The maximum atomic E-state index is 12.1. The summed E-state index contributed by atoms with van der Waals surface area (Å²) in [5, 5.41) is 0. The molecular weight excluding hydrogens is 476 g/mol. The van der Waals surface area contributed by atoms with Crippen molar-refractivity contribution in [3.8, 4) is 0 Å². The molecule has 39 heavy (non-hydrogen) atoms. The Morgan fingerprint density at radius 2 is 0.692 bits per heavy atom. The molecule has 0 aliphatic carbocycles. The van der Waals surface area contributed by atoms with Gasteiger partial charge in [0.1, 0.15) is 11.6 Å². The Balaban J connectivity index is 3.35. The summed E-state index contributed by atoms with van der Waals surface area (Å²) in [6.45, 7) is 4.53. The molecule has 2 nitrogen and oxygen atoms in total. The van der Waals surface area contributed by atoms with Crippen LogP contribution in [0.5, 0.6) is 0 Å². The third-order valence-electron chi connectivity index (χ3n) is 7.86. The monoisotopic (exact) mass is 545 g/mol. The number of rotatable bonds is 32. The third kappa shape index (κ3) is 32.9. The van der Waals surface area contributed by atoms with E-state index >= 15 is 0 Å². The van der Waals surface area contributed by atoms with Gasteiger partial charge in [0.15, 0.2) is 0 Å². The summed E-state index contributed by atoms with van der Waals surface area (Å²) in [4.78, 5) is 24.2. The van der Waals surface area contributed by atoms with Crippen LogP contribution in [0.2, 0.25) is 0 Å². The van der Waals surface area contributed by atoms with Gasteiger partial charge in [-0.1, -0.05) is 160 Å². The first-order valence-corrected chi connectivity index (χ1v) is 17.5. The van der Waals surface area contributed by atoms with Crippen LogP contribution in [0.1, 0.15) is 200 Å². The van der Waals surface area contributed by atoms with Crippen molar-refractivity contribution in [3.05, 3.63) is 24.3 Å². The molecule has 0 saturated heterocycles. The molecule has 0 aliphatic heterocycles. The second-order valence-electron chi connectivity index (χ2n) is 11.9. The zero-order chi connectivity index (χ0) is 28.5. The third-order valence-corrected chi connectivity index (χ3v) is 7.86. The van der Waals surface area contributed by atoms with Crippen LogP contribution in [0.15, 0.2) is 24.3 Å². The zero-order valence-corrected chi connectivity index (χ0v) is 26.6. The average molecular weight is 545 g/mol. The van der Waals surface area contributed by atoms with Gasteiger partial charge < -0.3 is 0 Å². The smallest absolute Gasteiger partial charge is 0.140 e. The lowest BCUT2D eigenvalue weighted by Crippen LogP contribution is -2.07. The lowest BCUT2D eigenvalue weighted by atomic mass is 10.0. The van der Waals surface area contributed by atoms with Gasteiger partial charge in [0.25, 0.3) is 0 Å². The Labute approximate surface area is 245 Å². The Morgan fingerprint density at radius 3 is 1.10 bits per heavy atom. The van der Waals surface area contributed by atoms with Gasteiger partial charge in [-0.3, -0.25) is 9.59 Å². The highest BCUT2D eigenvalue weighted by atomic mass is 16.1. The van der Waals surface area contributed by atoms with Crippen molar-refractivity contribution < 1.29 is 9.59 Å². The quantitative estimate of drug-likeness (QED) is 0.0479. The van der Waals surface area contributed by atoms with Crippen molar-refractivity contribution >= 4 is 11.6 Å². The van der Waals surface area contributed by atoms with Gasteiger partial charge in [-0.25, -0.2) is 0 Å². The minimum atomic E-state index is 0.159. The van der Waals surface area contributed by atoms with Gasteiger partial charge in [0.2, 0.25) is 0 Å². The van der Waals surface area contributed by atoms with Crippen LogP contribution < -0.4 is 0 Å². The molecule has 0 atom stereocenters. The van der Waals surface area contributed by atoms with Crippen LogP contribution in [0.3, 0.4) is 0 Å². The number of ketones is 2. The van der Waals surface area contributed by atoms with E-state index in [1.807, 2.05) is 0 Å². The highest BCUT2D eigenvalue weighted by Crippen LogP contribution is 2.14.